The number of rotatable bonds is 0. The van der Waals surface area contributed by atoms with Gasteiger partial charge in [0.05, 0.1) is 11.0 Å². The van der Waals surface area contributed by atoms with Gasteiger partial charge in [-0.2, -0.15) is 0 Å². The maximum Gasteiger partial charge on any atom is 0.156 e. The number of hydrogen-bond acceptors (Lipinski definition) is 3. The van der Waals surface area contributed by atoms with Crippen LogP contribution >= 0.6 is 0 Å². The first-order valence-electron chi connectivity index (χ1n) is 7.57. The van der Waals surface area contributed by atoms with E-state index in [-0.39, 0.29) is 33.4 Å². The molecule has 0 radical (unpaired) electrons. The predicted molar refractivity (Wildman–Crippen MR) is 86.7 cm³/mol. The van der Waals surface area contributed by atoms with Crippen LogP contribution in [0.1, 0.15) is 62.3 Å². The molecule has 120 valence electrons. The van der Waals surface area contributed by atoms with Crippen LogP contribution in [-0.4, -0.2) is 42.4 Å². The van der Waals surface area contributed by atoms with Gasteiger partial charge in [0.25, 0.3) is 0 Å². The molecule has 0 aliphatic carbocycles. The standard InChI is InChI=1S/C16H33NO2S/c1-14(2,3)12-13(15(4,5)6)20(18,19)11-10-17(12)16(7,8)9/h12-13H,10-11H2,1-9H3. The fraction of sp³-hybridized carbons (Fsp3) is 1.00. The average molecular weight is 304 g/mol. The molecule has 4 heteroatoms. The molecule has 3 nitrogen and oxygen atoms in total. The Morgan fingerprint density at radius 1 is 0.850 bits per heavy atom. The maximum atomic E-state index is 12.7. The Kier molecular flexibility index (Phi) is 4.47. The van der Waals surface area contributed by atoms with Crippen LogP contribution < -0.4 is 0 Å². The van der Waals surface area contributed by atoms with Crippen molar-refractivity contribution in [2.24, 2.45) is 10.8 Å². The molecule has 0 saturated carbocycles. The van der Waals surface area contributed by atoms with Gasteiger partial charge in [-0.15, -0.1) is 0 Å². The lowest BCUT2D eigenvalue weighted by atomic mass is 9.74. The first kappa shape index (κ1) is 18.0. The quantitative estimate of drug-likeness (QED) is 0.689. The number of sulfone groups is 1. The van der Waals surface area contributed by atoms with Crippen LogP contribution in [0.25, 0.3) is 0 Å². The molecule has 0 N–H and O–H groups in total. The molecule has 20 heavy (non-hydrogen) atoms. The van der Waals surface area contributed by atoms with Crippen LogP contribution in [0.15, 0.2) is 0 Å². The summed E-state index contributed by atoms with van der Waals surface area (Å²) >= 11 is 0. The third-order valence-corrected chi connectivity index (χ3v) is 6.72. The van der Waals surface area contributed by atoms with E-state index < -0.39 is 9.84 Å². The highest BCUT2D eigenvalue weighted by atomic mass is 32.2. The van der Waals surface area contributed by atoms with Crippen molar-refractivity contribution < 1.29 is 8.42 Å². The van der Waals surface area contributed by atoms with Crippen molar-refractivity contribution >= 4 is 9.84 Å². The first-order valence-corrected chi connectivity index (χ1v) is 9.28. The molecule has 0 spiro atoms. The summed E-state index contributed by atoms with van der Waals surface area (Å²) in [5.41, 5.74) is -0.337. The van der Waals surface area contributed by atoms with E-state index in [1.807, 2.05) is 0 Å². The van der Waals surface area contributed by atoms with Crippen LogP contribution in [0.4, 0.5) is 0 Å². The molecule has 1 fully saturated rings. The molecule has 1 aliphatic heterocycles. The second kappa shape index (κ2) is 4.98. The summed E-state index contributed by atoms with van der Waals surface area (Å²) in [6, 6.07) is 0.0428. The summed E-state index contributed by atoms with van der Waals surface area (Å²) < 4.78 is 25.5. The molecule has 1 heterocycles. The van der Waals surface area contributed by atoms with Gasteiger partial charge in [-0.25, -0.2) is 8.42 Å². The lowest BCUT2D eigenvalue weighted by molar-refractivity contribution is 0.00105. The lowest BCUT2D eigenvalue weighted by Gasteiger charge is -2.55. The average Bonchev–Trinajstić information content (AvgIpc) is 2.09. The fourth-order valence-corrected chi connectivity index (χ4v) is 6.27. The molecule has 0 aromatic rings. The van der Waals surface area contributed by atoms with E-state index in [4.69, 9.17) is 0 Å². The zero-order valence-electron chi connectivity index (χ0n) is 14.7. The molecule has 0 aromatic heterocycles. The molecule has 0 bridgehead atoms. The van der Waals surface area contributed by atoms with Gasteiger partial charge in [0.2, 0.25) is 0 Å². The van der Waals surface area contributed by atoms with E-state index in [1.54, 1.807) is 0 Å². The third-order valence-electron chi connectivity index (χ3n) is 4.23. The van der Waals surface area contributed by atoms with Crippen LogP contribution in [-0.2, 0) is 9.84 Å². The SMILES string of the molecule is CC(C)(C)C1C(C(C)(C)C)S(=O)(=O)CCN1C(C)(C)C. The fourth-order valence-electron chi connectivity index (χ4n) is 3.54. The van der Waals surface area contributed by atoms with Gasteiger partial charge in [-0.3, -0.25) is 4.90 Å². The van der Waals surface area contributed by atoms with Crippen LogP contribution in [0.2, 0.25) is 0 Å². The summed E-state index contributed by atoms with van der Waals surface area (Å²) in [5, 5.41) is -0.317. The van der Waals surface area contributed by atoms with E-state index in [0.717, 1.165) is 0 Å². The van der Waals surface area contributed by atoms with Crippen LogP contribution in [0, 0.1) is 10.8 Å². The third kappa shape index (κ3) is 3.56. The van der Waals surface area contributed by atoms with Gasteiger partial charge >= 0.3 is 0 Å². The highest BCUT2D eigenvalue weighted by molar-refractivity contribution is 7.92. The van der Waals surface area contributed by atoms with Crippen molar-refractivity contribution in [3.63, 3.8) is 0 Å². The van der Waals surface area contributed by atoms with Crippen molar-refractivity contribution in [2.75, 3.05) is 12.3 Å². The highest BCUT2D eigenvalue weighted by Crippen LogP contribution is 2.43. The minimum Gasteiger partial charge on any atom is -0.293 e. The molecule has 2 atom stereocenters. The van der Waals surface area contributed by atoms with E-state index >= 15 is 0 Å². The summed E-state index contributed by atoms with van der Waals surface area (Å²) in [7, 11) is -3.05. The number of hydrogen-bond donors (Lipinski definition) is 0. The highest BCUT2D eigenvalue weighted by Gasteiger charge is 2.53. The Balaban J connectivity index is 3.46. The summed E-state index contributed by atoms with van der Waals surface area (Å²) in [6.45, 7) is 19.8. The van der Waals surface area contributed by atoms with Crippen LogP contribution in [0.5, 0.6) is 0 Å². The van der Waals surface area contributed by atoms with E-state index in [2.05, 4.69) is 67.2 Å². The zero-order chi connectivity index (χ0) is 16.1. The van der Waals surface area contributed by atoms with Crippen molar-refractivity contribution in [1.82, 2.24) is 4.90 Å². The molecular weight excluding hydrogens is 270 g/mol. The maximum absolute atomic E-state index is 12.7. The Morgan fingerprint density at radius 3 is 1.60 bits per heavy atom. The van der Waals surface area contributed by atoms with Gasteiger partial charge in [0.1, 0.15) is 0 Å². The topological polar surface area (TPSA) is 37.4 Å². The van der Waals surface area contributed by atoms with Gasteiger partial charge < -0.3 is 0 Å². The smallest absolute Gasteiger partial charge is 0.156 e. The largest absolute Gasteiger partial charge is 0.293 e. The Hall–Kier alpha value is -0.0900. The first-order chi connectivity index (χ1) is 8.58. The van der Waals surface area contributed by atoms with Crippen molar-refractivity contribution in [3.05, 3.63) is 0 Å². The second-order valence-corrected chi connectivity index (χ2v) is 11.6. The Labute approximate surface area is 126 Å². The van der Waals surface area contributed by atoms with Crippen molar-refractivity contribution in [1.29, 1.82) is 0 Å². The van der Waals surface area contributed by atoms with E-state index in [9.17, 15) is 8.42 Å². The molecule has 0 aromatic carbocycles. The molecule has 1 aliphatic rings. The van der Waals surface area contributed by atoms with E-state index in [0.29, 0.717) is 6.54 Å². The monoisotopic (exact) mass is 303 g/mol. The van der Waals surface area contributed by atoms with Gasteiger partial charge in [-0.1, -0.05) is 41.5 Å². The van der Waals surface area contributed by atoms with Gasteiger partial charge in [0, 0.05) is 18.1 Å². The number of nitrogens with zero attached hydrogens (tertiary/aromatic N) is 1. The predicted octanol–water partition coefficient (Wildman–Crippen LogP) is 3.34. The minimum absolute atomic E-state index is 0.0165. The van der Waals surface area contributed by atoms with Crippen LogP contribution in [0.3, 0.4) is 0 Å². The minimum atomic E-state index is -3.05. The van der Waals surface area contributed by atoms with Crippen molar-refractivity contribution in [2.45, 2.75) is 79.1 Å². The van der Waals surface area contributed by atoms with E-state index in [1.165, 1.54) is 0 Å². The summed E-state index contributed by atoms with van der Waals surface area (Å²) in [6.07, 6.45) is 0. The molecular formula is C16H33NO2S. The lowest BCUT2D eigenvalue weighted by Crippen LogP contribution is -2.67. The molecule has 2 unspecified atom stereocenters. The Morgan fingerprint density at radius 2 is 1.30 bits per heavy atom. The second-order valence-electron chi connectivity index (χ2n) is 9.33. The summed E-state index contributed by atoms with van der Waals surface area (Å²) in [4.78, 5) is 2.41. The van der Waals surface area contributed by atoms with Gasteiger partial charge in [-0.05, 0) is 31.6 Å². The molecule has 1 saturated heterocycles. The summed E-state index contributed by atoms with van der Waals surface area (Å²) in [5.74, 6) is 0.277. The molecule has 1 rings (SSSR count). The van der Waals surface area contributed by atoms with Crippen molar-refractivity contribution in [3.8, 4) is 0 Å². The zero-order valence-corrected chi connectivity index (χ0v) is 15.6. The Bertz CT molecular complexity index is 446. The van der Waals surface area contributed by atoms with Gasteiger partial charge in [0.15, 0.2) is 9.84 Å². The molecule has 0 amide bonds. The normalized spacial score (nSPS) is 29.4.